The summed E-state index contributed by atoms with van der Waals surface area (Å²) < 4.78 is 0. The Balaban J connectivity index is 2.70. The number of hydrogen-bond acceptors (Lipinski definition) is 3. The van der Waals surface area contributed by atoms with E-state index in [9.17, 15) is 0 Å². The van der Waals surface area contributed by atoms with Crippen LogP contribution in [0.25, 0.3) is 0 Å². The first-order chi connectivity index (χ1) is 5.24. The molecule has 1 aromatic rings. The van der Waals surface area contributed by atoms with Crippen molar-refractivity contribution in [1.82, 2.24) is 0 Å². The van der Waals surface area contributed by atoms with Crippen molar-refractivity contribution in [3.05, 3.63) is 21.9 Å². The minimum absolute atomic E-state index is 0.0984. The molecule has 0 unspecified atom stereocenters. The van der Waals surface area contributed by atoms with Crippen LogP contribution < -0.4 is 5.73 Å². The Morgan fingerprint density at radius 2 is 2.55 bits per heavy atom. The monoisotopic (exact) mass is 166 g/mol. The highest BCUT2D eigenvalue weighted by atomic mass is 32.1. The van der Waals surface area contributed by atoms with Crippen LogP contribution in [0.5, 0.6) is 0 Å². The Labute approximate surface area is 70.3 Å². The maximum Gasteiger partial charge on any atom is 0.0642 e. The molecule has 11 heavy (non-hydrogen) atoms. The van der Waals surface area contributed by atoms with Gasteiger partial charge in [-0.25, -0.2) is 0 Å². The standard InChI is InChI=1S/C8H10N2S/c1-6-4-8(11-5-6)7(10)2-3-9/h4-5,7H,2,10H2,1H3/t7-/m0/s1. The maximum atomic E-state index is 8.38. The highest BCUT2D eigenvalue weighted by Gasteiger charge is 2.06. The number of hydrogen-bond donors (Lipinski definition) is 1. The van der Waals surface area contributed by atoms with Gasteiger partial charge in [-0.15, -0.1) is 11.3 Å². The van der Waals surface area contributed by atoms with Gasteiger partial charge in [-0.3, -0.25) is 0 Å². The van der Waals surface area contributed by atoms with E-state index in [2.05, 4.69) is 6.07 Å². The molecule has 0 radical (unpaired) electrons. The van der Waals surface area contributed by atoms with Crippen LogP contribution in [0.15, 0.2) is 11.4 Å². The molecule has 0 saturated carbocycles. The fourth-order valence-electron chi connectivity index (χ4n) is 0.847. The maximum absolute atomic E-state index is 8.38. The number of rotatable bonds is 2. The topological polar surface area (TPSA) is 49.8 Å². The van der Waals surface area contributed by atoms with E-state index < -0.39 is 0 Å². The molecule has 3 heteroatoms. The lowest BCUT2D eigenvalue weighted by Gasteiger charge is -2.01. The van der Waals surface area contributed by atoms with Crippen molar-refractivity contribution in [2.45, 2.75) is 19.4 Å². The largest absolute Gasteiger partial charge is 0.322 e. The summed E-state index contributed by atoms with van der Waals surface area (Å²) in [5, 5.41) is 10.4. The predicted molar refractivity (Wildman–Crippen MR) is 46.2 cm³/mol. The molecule has 0 aromatic carbocycles. The molecule has 0 saturated heterocycles. The van der Waals surface area contributed by atoms with E-state index >= 15 is 0 Å². The molecule has 0 bridgehead atoms. The lowest BCUT2D eigenvalue weighted by atomic mass is 10.2. The summed E-state index contributed by atoms with van der Waals surface area (Å²) in [6, 6.07) is 3.99. The van der Waals surface area contributed by atoms with Crippen molar-refractivity contribution in [1.29, 1.82) is 5.26 Å². The third kappa shape index (κ3) is 2.04. The predicted octanol–water partition coefficient (Wildman–Crippen LogP) is 1.97. The fraction of sp³-hybridized carbons (Fsp3) is 0.375. The quantitative estimate of drug-likeness (QED) is 0.730. The molecule has 2 nitrogen and oxygen atoms in total. The summed E-state index contributed by atoms with van der Waals surface area (Å²) in [6.45, 7) is 2.03. The molecule has 1 aromatic heterocycles. The number of nitriles is 1. The van der Waals surface area contributed by atoms with Crippen molar-refractivity contribution < 1.29 is 0 Å². The molecule has 1 rings (SSSR count). The Kier molecular flexibility index (Phi) is 2.64. The summed E-state index contributed by atoms with van der Waals surface area (Å²) in [5.74, 6) is 0. The third-order valence-electron chi connectivity index (χ3n) is 1.43. The van der Waals surface area contributed by atoms with E-state index in [4.69, 9.17) is 11.0 Å². The average molecular weight is 166 g/mol. The van der Waals surface area contributed by atoms with Crippen molar-refractivity contribution in [3.8, 4) is 6.07 Å². The van der Waals surface area contributed by atoms with Gasteiger partial charge in [0.05, 0.1) is 18.5 Å². The summed E-state index contributed by atoms with van der Waals surface area (Å²) in [5.41, 5.74) is 6.93. The van der Waals surface area contributed by atoms with Crippen LogP contribution in [-0.2, 0) is 0 Å². The highest BCUT2D eigenvalue weighted by Crippen LogP contribution is 2.21. The van der Waals surface area contributed by atoms with Crippen LogP contribution in [0.4, 0.5) is 0 Å². The minimum Gasteiger partial charge on any atom is -0.322 e. The Hall–Kier alpha value is -0.850. The molecule has 0 amide bonds. The third-order valence-corrected chi connectivity index (χ3v) is 2.61. The zero-order valence-corrected chi connectivity index (χ0v) is 7.19. The molecule has 0 fully saturated rings. The van der Waals surface area contributed by atoms with E-state index in [1.165, 1.54) is 5.56 Å². The summed E-state index contributed by atoms with van der Waals surface area (Å²) in [4.78, 5) is 1.10. The number of thiophene rings is 1. The molecule has 1 atom stereocenters. The van der Waals surface area contributed by atoms with Crippen LogP contribution in [0.2, 0.25) is 0 Å². The highest BCUT2D eigenvalue weighted by molar-refractivity contribution is 7.10. The van der Waals surface area contributed by atoms with Crippen LogP contribution in [-0.4, -0.2) is 0 Å². The lowest BCUT2D eigenvalue weighted by molar-refractivity contribution is 0.764. The fourth-order valence-corrected chi connectivity index (χ4v) is 1.75. The van der Waals surface area contributed by atoms with Gasteiger partial charge in [0, 0.05) is 4.88 Å². The number of aryl methyl sites for hydroxylation is 1. The van der Waals surface area contributed by atoms with E-state index in [1.54, 1.807) is 11.3 Å². The molecule has 0 spiro atoms. The van der Waals surface area contributed by atoms with Gasteiger partial charge < -0.3 is 5.73 Å². The first-order valence-corrected chi connectivity index (χ1v) is 4.29. The molecular weight excluding hydrogens is 156 g/mol. The van der Waals surface area contributed by atoms with Crippen molar-refractivity contribution in [2.24, 2.45) is 5.73 Å². The second-order valence-corrected chi connectivity index (χ2v) is 3.44. The van der Waals surface area contributed by atoms with E-state index in [0.29, 0.717) is 6.42 Å². The Morgan fingerprint density at radius 3 is 3.00 bits per heavy atom. The van der Waals surface area contributed by atoms with Crippen LogP contribution in [0, 0.1) is 18.3 Å². The molecule has 0 aliphatic carbocycles. The molecule has 0 aliphatic heterocycles. The van der Waals surface area contributed by atoms with Crippen molar-refractivity contribution in [2.75, 3.05) is 0 Å². The SMILES string of the molecule is Cc1csc([C@@H](N)CC#N)c1. The summed E-state index contributed by atoms with van der Waals surface area (Å²) >= 11 is 1.62. The second kappa shape index (κ2) is 3.51. The molecule has 2 N–H and O–H groups in total. The summed E-state index contributed by atoms with van der Waals surface area (Å²) in [6.07, 6.45) is 0.403. The molecule has 0 aliphatic rings. The van der Waals surface area contributed by atoms with Crippen molar-refractivity contribution in [3.63, 3.8) is 0 Å². The van der Waals surface area contributed by atoms with Crippen LogP contribution in [0.3, 0.4) is 0 Å². The minimum atomic E-state index is -0.0984. The second-order valence-electron chi connectivity index (χ2n) is 2.50. The smallest absolute Gasteiger partial charge is 0.0642 e. The molecule has 1 heterocycles. The average Bonchev–Trinajstić information content (AvgIpc) is 2.36. The van der Waals surface area contributed by atoms with Crippen LogP contribution >= 0.6 is 11.3 Å². The van der Waals surface area contributed by atoms with Gasteiger partial charge in [0.15, 0.2) is 0 Å². The van der Waals surface area contributed by atoms with Gasteiger partial charge in [0.1, 0.15) is 0 Å². The van der Waals surface area contributed by atoms with Gasteiger partial charge >= 0.3 is 0 Å². The molecular formula is C8H10N2S. The lowest BCUT2D eigenvalue weighted by Crippen LogP contribution is -2.06. The number of nitrogens with two attached hydrogens (primary N) is 1. The van der Waals surface area contributed by atoms with Gasteiger partial charge in [0.25, 0.3) is 0 Å². The van der Waals surface area contributed by atoms with E-state index in [1.807, 2.05) is 18.4 Å². The Bertz CT molecular complexity index is 272. The summed E-state index contributed by atoms with van der Waals surface area (Å²) in [7, 11) is 0. The first-order valence-electron chi connectivity index (χ1n) is 3.41. The van der Waals surface area contributed by atoms with E-state index in [-0.39, 0.29) is 6.04 Å². The number of nitrogens with zero attached hydrogens (tertiary/aromatic N) is 1. The normalized spacial score (nSPS) is 12.5. The molecule has 58 valence electrons. The van der Waals surface area contributed by atoms with Gasteiger partial charge in [-0.2, -0.15) is 5.26 Å². The first kappa shape index (κ1) is 8.25. The van der Waals surface area contributed by atoms with Gasteiger partial charge in [-0.1, -0.05) is 0 Å². The van der Waals surface area contributed by atoms with Gasteiger partial charge in [-0.05, 0) is 23.9 Å². The van der Waals surface area contributed by atoms with Crippen LogP contribution in [0.1, 0.15) is 22.9 Å². The Morgan fingerprint density at radius 1 is 1.82 bits per heavy atom. The zero-order chi connectivity index (χ0) is 8.27. The van der Waals surface area contributed by atoms with Crippen molar-refractivity contribution >= 4 is 11.3 Å². The van der Waals surface area contributed by atoms with E-state index in [0.717, 1.165) is 4.88 Å². The zero-order valence-electron chi connectivity index (χ0n) is 6.37. The van der Waals surface area contributed by atoms with Gasteiger partial charge in [0.2, 0.25) is 0 Å².